The first-order chi connectivity index (χ1) is 19.7. The van der Waals surface area contributed by atoms with Gasteiger partial charge in [-0.2, -0.15) is 0 Å². The Balaban J connectivity index is 1.36. The minimum atomic E-state index is -4.50. The lowest BCUT2D eigenvalue weighted by atomic mass is 9.92. The van der Waals surface area contributed by atoms with Crippen LogP contribution in [0.5, 0.6) is 11.5 Å². The lowest BCUT2D eigenvalue weighted by Gasteiger charge is -2.30. The van der Waals surface area contributed by atoms with Crippen molar-refractivity contribution < 1.29 is 32.7 Å². The van der Waals surface area contributed by atoms with Crippen molar-refractivity contribution in [3.8, 4) is 11.5 Å². The monoisotopic (exact) mass is 580 g/mol. The van der Waals surface area contributed by atoms with E-state index in [1.807, 2.05) is 16.9 Å². The van der Waals surface area contributed by atoms with Crippen LogP contribution in [0.2, 0.25) is 0 Å². The van der Waals surface area contributed by atoms with Crippen LogP contribution in [0.3, 0.4) is 0 Å². The molecule has 0 bridgehead atoms. The summed E-state index contributed by atoms with van der Waals surface area (Å²) in [5.41, 5.74) is 0.416. The van der Waals surface area contributed by atoms with Crippen LogP contribution in [0, 0.1) is 16.0 Å². The third kappa shape index (κ3) is 6.32. The van der Waals surface area contributed by atoms with Crippen LogP contribution >= 0.6 is 0 Å². The molecule has 1 amide bonds. The summed E-state index contributed by atoms with van der Waals surface area (Å²) in [4.78, 5) is 26.8. The number of para-hydroxylation sites is 1. The van der Waals surface area contributed by atoms with Crippen LogP contribution in [0.15, 0.2) is 77.8 Å². The molecule has 4 N–H and O–H groups in total. The summed E-state index contributed by atoms with van der Waals surface area (Å²) in [7, 11) is -4.50. The van der Waals surface area contributed by atoms with Crippen molar-refractivity contribution in [3.05, 3.63) is 88.6 Å². The molecular formula is C28H28N4O8S. The van der Waals surface area contributed by atoms with Crippen LogP contribution < -0.4 is 14.8 Å². The Kier molecular flexibility index (Phi) is 8.19. The molecule has 3 aromatic carbocycles. The Hall–Kier alpha value is -4.46. The molecule has 0 aliphatic carbocycles. The highest BCUT2D eigenvalue weighted by molar-refractivity contribution is 7.90. The molecular weight excluding hydrogens is 552 g/mol. The lowest BCUT2D eigenvalue weighted by Crippen LogP contribution is -2.36. The number of sulfonamides is 1. The number of ether oxygens (including phenoxy) is 2. The number of H-pyrrole nitrogens is 1. The Morgan fingerprint density at radius 1 is 1.12 bits per heavy atom. The molecule has 5 rings (SSSR count). The molecule has 1 aliphatic heterocycles. The number of amides is 1. The molecule has 1 saturated heterocycles. The average Bonchev–Trinajstić information content (AvgIpc) is 3.44. The number of hydrogen-bond acceptors (Lipinski definition) is 9. The minimum Gasteiger partial charge on any atom is -0.457 e. The zero-order chi connectivity index (χ0) is 29.0. The summed E-state index contributed by atoms with van der Waals surface area (Å²) in [5.74, 6) is -0.360. The first kappa shape index (κ1) is 28.1. The standard InChI is InChI=1S/C28H28N4O8S/c33-17-25(18-10-13-39-14-11-18)30-24-8-6-21(16-26(24)32(35)36)41(37,38)31-28(34)22-3-1-2-4-27(22)40-20-5-7-23-19(15-20)9-12-29-23/h1-9,12,15-16,18,25,29-30,33H,10-11,13-14,17H2,(H,31,34). The third-order valence-electron chi connectivity index (χ3n) is 6.96. The van der Waals surface area contributed by atoms with Crippen LogP contribution in [0.1, 0.15) is 23.2 Å². The lowest BCUT2D eigenvalue weighted by molar-refractivity contribution is -0.384. The highest BCUT2D eigenvalue weighted by Crippen LogP contribution is 2.32. The Bertz CT molecular complexity index is 1680. The van der Waals surface area contributed by atoms with Crippen molar-refractivity contribution in [2.45, 2.75) is 23.8 Å². The van der Waals surface area contributed by atoms with Crippen LogP contribution in [0.4, 0.5) is 11.4 Å². The largest absolute Gasteiger partial charge is 0.457 e. The number of nitro groups is 1. The predicted molar refractivity (Wildman–Crippen MR) is 151 cm³/mol. The van der Waals surface area contributed by atoms with Gasteiger partial charge in [0.15, 0.2) is 0 Å². The Morgan fingerprint density at radius 3 is 2.66 bits per heavy atom. The minimum absolute atomic E-state index is 0.0308. The number of nitrogens with zero attached hydrogens (tertiary/aromatic N) is 1. The highest BCUT2D eigenvalue weighted by Gasteiger charge is 2.28. The number of benzene rings is 3. The zero-order valence-electron chi connectivity index (χ0n) is 21.8. The quantitative estimate of drug-likeness (QED) is 0.158. The van der Waals surface area contributed by atoms with Crippen LogP contribution in [0.25, 0.3) is 10.9 Å². The second-order valence-corrected chi connectivity index (χ2v) is 11.3. The second kappa shape index (κ2) is 12.0. The summed E-state index contributed by atoms with van der Waals surface area (Å²) in [6.07, 6.45) is 3.14. The fourth-order valence-corrected chi connectivity index (χ4v) is 5.77. The van der Waals surface area contributed by atoms with E-state index in [-0.39, 0.29) is 29.5 Å². The number of rotatable bonds is 10. The van der Waals surface area contributed by atoms with Gasteiger partial charge in [-0.1, -0.05) is 12.1 Å². The molecule has 0 saturated carbocycles. The first-order valence-corrected chi connectivity index (χ1v) is 14.4. The molecule has 1 atom stereocenters. The van der Waals surface area contributed by atoms with Crippen molar-refractivity contribution >= 4 is 38.2 Å². The fraction of sp³-hybridized carbons (Fsp3) is 0.250. The summed E-state index contributed by atoms with van der Waals surface area (Å²) in [6.45, 7) is 0.786. The van der Waals surface area contributed by atoms with Gasteiger partial charge >= 0.3 is 0 Å². The number of nitrogens with one attached hydrogen (secondary N) is 3. The molecule has 1 aromatic heterocycles. The van der Waals surface area contributed by atoms with E-state index in [4.69, 9.17) is 9.47 Å². The molecule has 1 aliphatic rings. The molecule has 2 heterocycles. The van der Waals surface area contributed by atoms with E-state index in [2.05, 4.69) is 10.3 Å². The van der Waals surface area contributed by atoms with Crippen molar-refractivity contribution in [2.75, 3.05) is 25.1 Å². The number of carbonyl (C=O) groups is 1. The number of aromatic nitrogens is 1. The van der Waals surface area contributed by atoms with E-state index in [0.717, 1.165) is 23.0 Å². The number of fused-ring (bicyclic) bond motifs is 1. The van der Waals surface area contributed by atoms with Gasteiger partial charge in [-0.3, -0.25) is 14.9 Å². The molecule has 41 heavy (non-hydrogen) atoms. The SMILES string of the molecule is O=C(NS(=O)(=O)c1ccc(NC(CO)C2CCOCC2)c([N+](=O)[O-])c1)c1ccccc1Oc1ccc2[nH]ccc2c1. The van der Waals surface area contributed by atoms with Crippen molar-refractivity contribution in [1.82, 2.24) is 9.71 Å². The molecule has 4 aromatic rings. The molecule has 1 unspecified atom stereocenters. The molecule has 1 fully saturated rings. The third-order valence-corrected chi connectivity index (χ3v) is 8.29. The molecule has 214 valence electrons. The smallest absolute Gasteiger partial charge is 0.293 e. The second-order valence-electron chi connectivity index (χ2n) is 9.58. The van der Waals surface area contributed by atoms with Crippen LogP contribution in [-0.2, 0) is 14.8 Å². The van der Waals surface area contributed by atoms with Crippen molar-refractivity contribution in [3.63, 3.8) is 0 Å². The Morgan fingerprint density at radius 2 is 1.90 bits per heavy atom. The number of anilines is 1. The highest BCUT2D eigenvalue weighted by atomic mass is 32.2. The number of hydrogen-bond donors (Lipinski definition) is 4. The maximum Gasteiger partial charge on any atom is 0.293 e. The number of carbonyl (C=O) groups excluding carboxylic acids is 1. The van der Waals surface area contributed by atoms with E-state index in [1.54, 1.807) is 30.5 Å². The maximum atomic E-state index is 13.1. The number of aliphatic hydroxyl groups excluding tert-OH is 1. The predicted octanol–water partition coefficient (Wildman–Crippen LogP) is 4.19. The van der Waals surface area contributed by atoms with Crippen LogP contribution in [-0.4, -0.2) is 55.2 Å². The van der Waals surface area contributed by atoms with Gasteiger partial charge in [0.05, 0.1) is 28.0 Å². The van der Waals surface area contributed by atoms with Crippen molar-refractivity contribution in [2.24, 2.45) is 5.92 Å². The topological polar surface area (TPSA) is 173 Å². The number of aromatic amines is 1. The van der Waals surface area contributed by atoms with E-state index < -0.39 is 37.5 Å². The summed E-state index contributed by atoms with van der Waals surface area (Å²) in [5, 5.41) is 25.6. The van der Waals surface area contributed by atoms with E-state index in [0.29, 0.717) is 31.8 Å². The number of nitro benzene ring substituents is 1. The van der Waals surface area contributed by atoms with Gasteiger partial charge in [0.25, 0.3) is 21.6 Å². The van der Waals surface area contributed by atoms with Gasteiger partial charge in [0, 0.05) is 36.4 Å². The normalized spacial score (nSPS) is 14.9. The van der Waals surface area contributed by atoms with E-state index in [1.165, 1.54) is 18.2 Å². The van der Waals surface area contributed by atoms with Gasteiger partial charge < -0.3 is 24.9 Å². The number of aliphatic hydroxyl groups is 1. The zero-order valence-corrected chi connectivity index (χ0v) is 22.6. The van der Waals surface area contributed by atoms with Gasteiger partial charge in [0.1, 0.15) is 17.2 Å². The molecule has 0 radical (unpaired) electrons. The summed E-state index contributed by atoms with van der Waals surface area (Å²) in [6, 6.07) is 16.1. The maximum absolute atomic E-state index is 13.1. The van der Waals surface area contributed by atoms with Gasteiger partial charge in [-0.05, 0) is 67.3 Å². The van der Waals surface area contributed by atoms with Gasteiger partial charge in [-0.15, -0.1) is 0 Å². The Labute approximate surface area is 235 Å². The molecule has 0 spiro atoms. The van der Waals surface area contributed by atoms with E-state index in [9.17, 15) is 28.4 Å². The molecule has 12 nitrogen and oxygen atoms in total. The van der Waals surface area contributed by atoms with Gasteiger partial charge in [0.2, 0.25) is 0 Å². The average molecular weight is 581 g/mol. The summed E-state index contributed by atoms with van der Waals surface area (Å²) >= 11 is 0. The first-order valence-electron chi connectivity index (χ1n) is 12.9. The van der Waals surface area contributed by atoms with Gasteiger partial charge in [-0.25, -0.2) is 13.1 Å². The fourth-order valence-electron chi connectivity index (χ4n) is 4.78. The molecule has 13 heteroatoms. The van der Waals surface area contributed by atoms with Crippen molar-refractivity contribution in [1.29, 1.82) is 0 Å². The summed E-state index contributed by atoms with van der Waals surface area (Å²) < 4.78 is 39.5. The van der Waals surface area contributed by atoms with E-state index >= 15 is 0 Å².